The van der Waals surface area contributed by atoms with E-state index >= 15 is 0 Å². The highest BCUT2D eigenvalue weighted by Crippen LogP contribution is 2.22. The highest BCUT2D eigenvalue weighted by atomic mass is 16.2. The summed E-state index contributed by atoms with van der Waals surface area (Å²) in [5.41, 5.74) is 1.21. The van der Waals surface area contributed by atoms with E-state index in [2.05, 4.69) is 26.3 Å². The first-order valence-corrected chi connectivity index (χ1v) is 7.28. The van der Waals surface area contributed by atoms with Gasteiger partial charge in [-0.15, -0.1) is 0 Å². The smallest absolute Gasteiger partial charge is 0.226 e. The van der Waals surface area contributed by atoms with Crippen LogP contribution < -0.4 is 0 Å². The third-order valence-corrected chi connectivity index (χ3v) is 4.45. The van der Waals surface area contributed by atoms with Gasteiger partial charge in [-0.1, -0.05) is 6.92 Å². The summed E-state index contributed by atoms with van der Waals surface area (Å²) in [4.78, 5) is 21.2. The molecule has 1 aromatic heterocycles. The average molecular weight is 262 g/mol. The van der Waals surface area contributed by atoms with Crippen LogP contribution in [0, 0.1) is 5.92 Å². The zero-order valence-corrected chi connectivity index (χ0v) is 11.6. The maximum Gasteiger partial charge on any atom is 0.226 e. The minimum Gasteiger partial charge on any atom is -0.340 e. The lowest BCUT2D eigenvalue weighted by atomic mass is 9.94. The Morgan fingerprint density at radius 1 is 1.32 bits per heavy atom. The quantitative estimate of drug-likeness (QED) is 0.784. The van der Waals surface area contributed by atoms with E-state index in [4.69, 9.17) is 0 Å². The minimum atomic E-state index is 0.164. The van der Waals surface area contributed by atoms with Gasteiger partial charge >= 0.3 is 0 Å². The van der Waals surface area contributed by atoms with Crippen molar-refractivity contribution in [2.45, 2.75) is 26.3 Å². The van der Waals surface area contributed by atoms with Crippen LogP contribution in [0.15, 0.2) is 12.5 Å². The van der Waals surface area contributed by atoms with Gasteiger partial charge in [-0.2, -0.15) is 0 Å². The molecule has 1 saturated heterocycles. The van der Waals surface area contributed by atoms with Crippen molar-refractivity contribution in [3.05, 3.63) is 18.2 Å². The van der Waals surface area contributed by atoms with Crippen molar-refractivity contribution < 1.29 is 4.79 Å². The lowest BCUT2D eigenvalue weighted by molar-refractivity contribution is -0.137. The zero-order chi connectivity index (χ0) is 13.2. The number of aromatic nitrogens is 2. The fourth-order valence-corrected chi connectivity index (χ4v) is 3.12. The molecule has 0 bridgehead atoms. The van der Waals surface area contributed by atoms with Crippen LogP contribution in [0.25, 0.3) is 0 Å². The number of nitrogens with zero attached hydrogens (tertiary/aromatic N) is 4. The van der Waals surface area contributed by atoms with Gasteiger partial charge in [0.15, 0.2) is 0 Å². The molecular weight excluding hydrogens is 240 g/mol. The Bertz CT molecular complexity index is 448. The van der Waals surface area contributed by atoms with Gasteiger partial charge in [-0.25, -0.2) is 4.98 Å². The molecule has 3 heterocycles. The maximum atomic E-state index is 12.6. The SMILES string of the molecule is CCN1CCN(C(=O)C2CCn3cncc3C2)CC1. The first kappa shape index (κ1) is 12.7. The van der Waals surface area contributed by atoms with Crippen LogP contribution in [0.5, 0.6) is 0 Å². The van der Waals surface area contributed by atoms with Crippen molar-refractivity contribution in [1.29, 1.82) is 0 Å². The molecule has 5 nitrogen and oxygen atoms in total. The molecule has 1 unspecified atom stereocenters. The van der Waals surface area contributed by atoms with Gasteiger partial charge in [-0.3, -0.25) is 4.79 Å². The number of hydrogen-bond donors (Lipinski definition) is 0. The van der Waals surface area contributed by atoms with Crippen LogP contribution in [-0.2, 0) is 17.8 Å². The van der Waals surface area contributed by atoms with Crippen molar-refractivity contribution in [3.8, 4) is 0 Å². The number of aryl methyl sites for hydroxylation is 1. The molecule has 2 aliphatic heterocycles. The summed E-state index contributed by atoms with van der Waals surface area (Å²) in [7, 11) is 0. The molecule has 0 aliphatic carbocycles. The van der Waals surface area contributed by atoms with Crippen molar-refractivity contribution in [3.63, 3.8) is 0 Å². The predicted octanol–water partition coefficient (Wildman–Crippen LogP) is 0.610. The Balaban J connectivity index is 1.60. The van der Waals surface area contributed by atoms with Crippen LogP contribution in [0.1, 0.15) is 19.0 Å². The summed E-state index contributed by atoms with van der Waals surface area (Å²) in [5.74, 6) is 0.514. The lowest BCUT2D eigenvalue weighted by Crippen LogP contribution is -2.50. The number of hydrogen-bond acceptors (Lipinski definition) is 3. The highest BCUT2D eigenvalue weighted by molar-refractivity contribution is 5.79. The molecule has 1 atom stereocenters. The molecule has 0 saturated carbocycles. The molecule has 5 heteroatoms. The van der Waals surface area contributed by atoms with E-state index in [0.717, 1.165) is 52.1 Å². The van der Waals surface area contributed by atoms with E-state index in [9.17, 15) is 4.79 Å². The summed E-state index contributed by atoms with van der Waals surface area (Å²) in [6, 6.07) is 0. The second kappa shape index (κ2) is 5.33. The monoisotopic (exact) mass is 262 g/mol. The van der Waals surface area contributed by atoms with E-state index in [0.29, 0.717) is 5.91 Å². The first-order chi connectivity index (χ1) is 9.28. The van der Waals surface area contributed by atoms with Crippen molar-refractivity contribution in [2.75, 3.05) is 32.7 Å². The normalized spacial score (nSPS) is 24.3. The number of imidazole rings is 1. The van der Waals surface area contributed by atoms with Crippen molar-refractivity contribution in [1.82, 2.24) is 19.4 Å². The second-order valence-corrected chi connectivity index (χ2v) is 5.53. The number of carbonyl (C=O) groups excluding carboxylic acids is 1. The van der Waals surface area contributed by atoms with E-state index in [1.165, 1.54) is 5.69 Å². The van der Waals surface area contributed by atoms with Crippen molar-refractivity contribution in [2.24, 2.45) is 5.92 Å². The van der Waals surface area contributed by atoms with E-state index in [-0.39, 0.29) is 5.92 Å². The molecule has 0 aromatic carbocycles. The van der Waals surface area contributed by atoms with Gasteiger partial charge in [0.05, 0.1) is 6.33 Å². The average Bonchev–Trinajstić information content (AvgIpc) is 2.94. The van der Waals surface area contributed by atoms with Crippen LogP contribution in [0.3, 0.4) is 0 Å². The van der Waals surface area contributed by atoms with Crippen LogP contribution >= 0.6 is 0 Å². The lowest BCUT2D eigenvalue weighted by Gasteiger charge is -2.36. The Labute approximate surface area is 114 Å². The summed E-state index contributed by atoms with van der Waals surface area (Å²) in [6.07, 6.45) is 5.58. The second-order valence-electron chi connectivity index (χ2n) is 5.53. The number of amides is 1. The van der Waals surface area contributed by atoms with Gasteiger partial charge in [-0.05, 0) is 13.0 Å². The van der Waals surface area contributed by atoms with E-state index in [1.807, 2.05) is 12.5 Å². The molecule has 0 spiro atoms. The number of carbonyl (C=O) groups is 1. The van der Waals surface area contributed by atoms with Gasteiger partial charge in [0.2, 0.25) is 5.91 Å². The van der Waals surface area contributed by atoms with Gasteiger partial charge in [0.1, 0.15) is 0 Å². The van der Waals surface area contributed by atoms with E-state index in [1.54, 1.807) is 0 Å². The van der Waals surface area contributed by atoms with Crippen LogP contribution in [0.4, 0.5) is 0 Å². The minimum absolute atomic E-state index is 0.164. The molecule has 0 N–H and O–H groups in total. The summed E-state index contributed by atoms with van der Waals surface area (Å²) >= 11 is 0. The standard InChI is InChI=1S/C14H22N4O/c1-2-16-5-7-17(8-6-16)14(19)12-3-4-18-11-15-10-13(18)9-12/h10-12H,2-9H2,1H3. The zero-order valence-electron chi connectivity index (χ0n) is 11.6. The van der Waals surface area contributed by atoms with Crippen LogP contribution in [0.2, 0.25) is 0 Å². The Hall–Kier alpha value is -1.36. The summed E-state index contributed by atoms with van der Waals surface area (Å²) < 4.78 is 2.17. The highest BCUT2D eigenvalue weighted by Gasteiger charge is 2.30. The third kappa shape index (κ3) is 2.52. The molecule has 19 heavy (non-hydrogen) atoms. The summed E-state index contributed by atoms with van der Waals surface area (Å²) in [5, 5.41) is 0. The number of likely N-dealkylation sites (N-methyl/N-ethyl adjacent to an activating group) is 1. The van der Waals surface area contributed by atoms with Crippen molar-refractivity contribution >= 4 is 5.91 Å². The number of rotatable bonds is 2. The van der Waals surface area contributed by atoms with Crippen LogP contribution in [-0.4, -0.2) is 58.0 Å². The fraction of sp³-hybridized carbons (Fsp3) is 0.714. The number of fused-ring (bicyclic) bond motifs is 1. The Morgan fingerprint density at radius 2 is 2.11 bits per heavy atom. The Morgan fingerprint density at radius 3 is 2.84 bits per heavy atom. The van der Waals surface area contributed by atoms with Gasteiger partial charge < -0.3 is 14.4 Å². The molecule has 3 rings (SSSR count). The molecule has 1 aromatic rings. The molecule has 0 radical (unpaired) electrons. The van der Waals surface area contributed by atoms with Gasteiger partial charge in [0.25, 0.3) is 0 Å². The third-order valence-electron chi connectivity index (χ3n) is 4.45. The molecule has 1 fully saturated rings. The van der Waals surface area contributed by atoms with E-state index < -0.39 is 0 Å². The molecular formula is C14H22N4O. The van der Waals surface area contributed by atoms with Gasteiger partial charge in [0, 0.05) is 57.0 Å². The first-order valence-electron chi connectivity index (χ1n) is 7.28. The molecule has 104 valence electrons. The molecule has 1 amide bonds. The Kier molecular flexibility index (Phi) is 3.55. The fourth-order valence-electron chi connectivity index (χ4n) is 3.12. The maximum absolute atomic E-state index is 12.6. The molecule has 2 aliphatic rings. The largest absolute Gasteiger partial charge is 0.340 e. The topological polar surface area (TPSA) is 41.4 Å². The number of piperazine rings is 1. The predicted molar refractivity (Wildman–Crippen MR) is 72.7 cm³/mol. The summed E-state index contributed by atoms with van der Waals surface area (Å²) in [6.45, 7) is 8.02.